The molecule has 1 saturated carbocycles. The van der Waals surface area contributed by atoms with Crippen LogP contribution < -0.4 is 10.6 Å². The summed E-state index contributed by atoms with van der Waals surface area (Å²) < 4.78 is 26.7. The van der Waals surface area contributed by atoms with E-state index >= 15 is 0 Å². The minimum atomic E-state index is -1.53. The second kappa shape index (κ2) is 5.44. The summed E-state index contributed by atoms with van der Waals surface area (Å²) in [6, 6.07) is 0.622. The third-order valence-corrected chi connectivity index (χ3v) is 3.30. The Morgan fingerprint density at radius 2 is 2.05 bits per heavy atom. The molecule has 0 spiro atoms. The van der Waals surface area contributed by atoms with Crippen LogP contribution in [0, 0.1) is 17.6 Å². The number of halogens is 2. The van der Waals surface area contributed by atoms with Crippen LogP contribution in [-0.2, 0) is 0 Å². The predicted molar refractivity (Wildman–Crippen MR) is 67.7 cm³/mol. The number of benzene rings is 1. The molecule has 2 atom stereocenters. The van der Waals surface area contributed by atoms with Gasteiger partial charge in [0.2, 0.25) is 0 Å². The van der Waals surface area contributed by atoms with Crippen molar-refractivity contribution in [3.05, 3.63) is 29.3 Å². The monoisotopic (exact) mass is 284 g/mol. The first-order chi connectivity index (χ1) is 9.42. The lowest BCUT2D eigenvalue weighted by atomic mass is 10.2. The molecular weight excluding hydrogens is 270 g/mol. The fourth-order valence-electron chi connectivity index (χ4n) is 2.01. The van der Waals surface area contributed by atoms with Crippen LogP contribution in [-0.4, -0.2) is 23.1 Å². The highest BCUT2D eigenvalue weighted by molar-refractivity contribution is 5.93. The summed E-state index contributed by atoms with van der Waals surface area (Å²) >= 11 is 0. The van der Waals surface area contributed by atoms with Crippen molar-refractivity contribution in [1.29, 1.82) is 0 Å². The lowest BCUT2D eigenvalue weighted by molar-refractivity contribution is 0.0692. The number of carboxylic acids is 1. The Labute approximate surface area is 114 Å². The highest BCUT2D eigenvalue weighted by Gasteiger charge is 2.36. The largest absolute Gasteiger partial charge is 0.478 e. The standard InChI is InChI=1S/C13H14F2N2O3/c1-2-6-3-10(6)16-13(20)17-11-4-7(12(18)19)8(14)5-9(11)15/h4-6,10H,2-3H2,1H3,(H,18,19)(H2,16,17,20). The summed E-state index contributed by atoms with van der Waals surface area (Å²) in [6.45, 7) is 2.00. The van der Waals surface area contributed by atoms with E-state index < -0.39 is 29.2 Å². The van der Waals surface area contributed by atoms with Gasteiger partial charge in [-0.3, -0.25) is 0 Å². The van der Waals surface area contributed by atoms with Crippen LogP contribution in [0.15, 0.2) is 12.1 Å². The summed E-state index contributed by atoms with van der Waals surface area (Å²) in [5, 5.41) is 13.6. The number of hydrogen-bond acceptors (Lipinski definition) is 2. The summed E-state index contributed by atoms with van der Waals surface area (Å²) in [5.41, 5.74) is -1.06. The van der Waals surface area contributed by atoms with E-state index in [-0.39, 0.29) is 11.7 Å². The van der Waals surface area contributed by atoms with Crippen molar-refractivity contribution >= 4 is 17.7 Å². The van der Waals surface area contributed by atoms with Crippen molar-refractivity contribution in [2.24, 2.45) is 5.92 Å². The fourth-order valence-corrected chi connectivity index (χ4v) is 2.01. The van der Waals surface area contributed by atoms with Gasteiger partial charge in [-0.15, -0.1) is 0 Å². The van der Waals surface area contributed by atoms with E-state index in [0.717, 1.165) is 18.9 Å². The van der Waals surface area contributed by atoms with Crippen molar-refractivity contribution < 1.29 is 23.5 Å². The maximum atomic E-state index is 13.5. The van der Waals surface area contributed by atoms with Gasteiger partial charge in [-0.25, -0.2) is 18.4 Å². The van der Waals surface area contributed by atoms with Gasteiger partial charge in [-0.05, 0) is 18.4 Å². The Balaban J connectivity index is 2.07. The van der Waals surface area contributed by atoms with Crippen LogP contribution in [0.1, 0.15) is 30.1 Å². The lowest BCUT2D eigenvalue weighted by Crippen LogP contribution is -2.31. The average molecular weight is 284 g/mol. The van der Waals surface area contributed by atoms with Gasteiger partial charge in [0.05, 0.1) is 11.3 Å². The molecule has 1 fully saturated rings. The van der Waals surface area contributed by atoms with E-state index in [1.165, 1.54) is 0 Å². The average Bonchev–Trinajstić information content (AvgIpc) is 3.10. The van der Waals surface area contributed by atoms with E-state index in [1.54, 1.807) is 0 Å². The molecule has 0 radical (unpaired) electrons. The zero-order valence-corrected chi connectivity index (χ0v) is 10.7. The number of aromatic carboxylic acids is 1. The van der Waals surface area contributed by atoms with Crippen LogP contribution in [0.4, 0.5) is 19.3 Å². The number of carboxylic acid groups (broad SMARTS) is 1. The first kappa shape index (κ1) is 14.2. The Kier molecular flexibility index (Phi) is 3.87. The van der Waals surface area contributed by atoms with Crippen LogP contribution in [0.5, 0.6) is 0 Å². The smallest absolute Gasteiger partial charge is 0.338 e. The molecule has 0 bridgehead atoms. The van der Waals surface area contributed by atoms with Crippen molar-refractivity contribution in [2.75, 3.05) is 5.32 Å². The van der Waals surface area contributed by atoms with Crippen molar-refractivity contribution in [3.63, 3.8) is 0 Å². The Hall–Kier alpha value is -2.18. The van der Waals surface area contributed by atoms with Crippen LogP contribution >= 0.6 is 0 Å². The third-order valence-electron chi connectivity index (χ3n) is 3.30. The molecule has 1 aromatic rings. The molecule has 2 rings (SSSR count). The van der Waals surface area contributed by atoms with Gasteiger partial charge >= 0.3 is 12.0 Å². The number of carbonyl (C=O) groups excluding carboxylic acids is 1. The third kappa shape index (κ3) is 3.04. The van der Waals surface area contributed by atoms with E-state index in [2.05, 4.69) is 10.6 Å². The van der Waals surface area contributed by atoms with Gasteiger partial charge < -0.3 is 15.7 Å². The van der Waals surface area contributed by atoms with Crippen molar-refractivity contribution in [1.82, 2.24) is 5.32 Å². The van der Waals surface area contributed by atoms with Crippen LogP contribution in [0.3, 0.4) is 0 Å². The van der Waals surface area contributed by atoms with E-state index in [0.29, 0.717) is 12.0 Å². The molecule has 0 saturated heterocycles. The molecule has 1 aliphatic rings. The van der Waals surface area contributed by atoms with Gasteiger partial charge in [0, 0.05) is 12.1 Å². The molecule has 5 nitrogen and oxygen atoms in total. The predicted octanol–water partition coefficient (Wildman–Crippen LogP) is 2.58. The number of anilines is 1. The Morgan fingerprint density at radius 1 is 1.35 bits per heavy atom. The molecule has 1 aliphatic carbocycles. The fraction of sp³-hybridized carbons (Fsp3) is 0.385. The molecule has 0 aliphatic heterocycles. The lowest BCUT2D eigenvalue weighted by Gasteiger charge is -2.09. The van der Waals surface area contributed by atoms with E-state index in [4.69, 9.17) is 5.11 Å². The van der Waals surface area contributed by atoms with Gasteiger partial charge in [0.15, 0.2) is 0 Å². The van der Waals surface area contributed by atoms with Gasteiger partial charge in [-0.1, -0.05) is 13.3 Å². The Bertz CT molecular complexity index is 563. The summed E-state index contributed by atoms with van der Waals surface area (Å²) in [5.74, 6) is -3.31. The zero-order valence-electron chi connectivity index (χ0n) is 10.7. The number of urea groups is 1. The quantitative estimate of drug-likeness (QED) is 0.795. The SMILES string of the molecule is CCC1CC1NC(=O)Nc1cc(C(=O)O)c(F)cc1F. The second-order valence-electron chi connectivity index (χ2n) is 4.73. The number of carbonyl (C=O) groups is 2. The maximum Gasteiger partial charge on any atom is 0.338 e. The Morgan fingerprint density at radius 3 is 2.60 bits per heavy atom. The first-order valence-electron chi connectivity index (χ1n) is 6.22. The zero-order chi connectivity index (χ0) is 14.9. The normalized spacial score (nSPS) is 20.4. The number of hydrogen-bond donors (Lipinski definition) is 3. The molecule has 20 heavy (non-hydrogen) atoms. The van der Waals surface area contributed by atoms with Crippen LogP contribution in [0.2, 0.25) is 0 Å². The summed E-state index contributed by atoms with van der Waals surface area (Å²) in [6.07, 6.45) is 1.81. The minimum Gasteiger partial charge on any atom is -0.478 e. The number of nitrogens with one attached hydrogen (secondary N) is 2. The molecule has 3 N–H and O–H groups in total. The van der Waals surface area contributed by atoms with Crippen molar-refractivity contribution in [2.45, 2.75) is 25.8 Å². The first-order valence-corrected chi connectivity index (χ1v) is 6.22. The molecule has 1 aromatic carbocycles. The second-order valence-corrected chi connectivity index (χ2v) is 4.73. The van der Waals surface area contributed by atoms with E-state index in [9.17, 15) is 18.4 Å². The van der Waals surface area contributed by atoms with Gasteiger partial charge in [-0.2, -0.15) is 0 Å². The van der Waals surface area contributed by atoms with Gasteiger partial charge in [0.25, 0.3) is 0 Å². The maximum absolute atomic E-state index is 13.5. The van der Waals surface area contributed by atoms with E-state index in [1.807, 2.05) is 6.92 Å². The molecule has 7 heteroatoms. The van der Waals surface area contributed by atoms with Crippen molar-refractivity contribution in [3.8, 4) is 0 Å². The highest BCUT2D eigenvalue weighted by Crippen LogP contribution is 2.33. The number of rotatable bonds is 4. The highest BCUT2D eigenvalue weighted by atomic mass is 19.1. The summed E-state index contributed by atoms with van der Waals surface area (Å²) in [7, 11) is 0. The summed E-state index contributed by atoms with van der Waals surface area (Å²) in [4.78, 5) is 22.4. The molecule has 0 heterocycles. The molecular formula is C13H14F2N2O3. The molecule has 0 aromatic heterocycles. The van der Waals surface area contributed by atoms with Gasteiger partial charge in [0.1, 0.15) is 11.6 Å². The molecule has 2 amide bonds. The topological polar surface area (TPSA) is 78.4 Å². The molecule has 108 valence electrons. The molecule has 2 unspecified atom stereocenters. The minimum absolute atomic E-state index is 0.0578. The number of amides is 2. The van der Waals surface area contributed by atoms with Crippen LogP contribution in [0.25, 0.3) is 0 Å².